The van der Waals surface area contributed by atoms with Gasteiger partial charge in [0, 0.05) is 19.1 Å². The van der Waals surface area contributed by atoms with Crippen molar-refractivity contribution in [3.63, 3.8) is 0 Å². The molecule has 86 valence electrons. The highest BCUT2D eigenvalue weighted by Gasteiger charge is 2.34. The molecule has 1 fully saturated rings. The maximum atomic E-state index is 5.92. The van der Waals surface area contributed by atoms with Crippen molar-refractivity contribution in [1.82, 2.24) is 4.90 Å². The van der Waals surface area contributed by atoms with E-state index in [1.54, 1.807) is 0 Å². The second kappa shape index (κ2) is 4.39. The fourth-order valence-electron chi connectivity index (χ4n) is 2.43. The van der Waals surface area contributed by atoms with Crippen LogP contribution in [0.2, 0.25) is 0 Å². The van der Waals surface area contributed by atoms with E-state index in [1.165, 1.54) is 0 Å². The highest BCUT2D eigenvalue weighted by molar-refractivity contribution is 5.80. The third kappa shape index (κ3) is 2.25. The molecule has 0 spiro atoms. The van der Waals surface area contributed by atoms with Gasteiger partial charge in [0.15, 0.2) is 5.96 Å². The fourth-order valence-corrected chi connectivity index (χ4v) is 2.43. The van der Waals surface area contributed by atoms with Gasteiger partial charge in [-0.25, -0.2) is 0 Å². The van der Waals surface area contributed by atoms with Crippen LogP contribution in [0.5, 0.6) is 0 Å². The lowest BCUT2D eigenvalue weighted by Crippen LogP contribution is -2.46. The lowest BCUT2D eigenvalue weighted by Gasteiger charge is -2.31. The predicted octanol–water partition coefficient (Wildman–Crippen LogP) is 0.678. The van der Waals surface area contributed by atoms with E-state index in [9.17, 15) is 0 Å². The summed E-state index contributed by atoms with van der Waals surface area (Å²) in [6.45, 7) is 8.07. The van der Waals surface area contributed by atoms with Gasteiger partial charge in [-0.3, -0.25) is 4.99 Å². The summed E-state index contributed by atoms with van der Waals surface area (Å²) in [5.74, 6) is 1.97. The molecule has 0 aromatic carbocycles. The van der Waals surface area contributed by atoms with Crippen molar-refractivity contribution in [2.24, 2.45) is 22.6 Å². The summed E-state index contributed by atoms with van der Waals surface area (Å²) in [5.41, 5.74) is 5.92. The van der Waals surface area contributed by atoms with Crippen LogP contribution in [0.1, 0.15) is 20.3 Å². The zero-order valence-electron chi connectivity index (χ0n) is 9.65. The van der Waals surface area contributed by atoms with Crippen molar-refractivity contribution in [2.45, 2.75) is 26.3 Å². The van der Waals surface area contributed by atoms with E-state index in [0.29, 0.717) is 17.9 Å². The normalized spacial score (nSPS) is 31.4. The van der Waals surface area contributed by atoms with Crippen LogP contribution in [0.25, 0.3) is 0 Å². The molecule has 2 atom stereocenters. The SMILES string of the molecule is CC(C)CN1C(N)=NCC1C1CCOC1. The molecule has 2 N–H and O–H groups in total. The van der Waals surface area contributed by atoms with E-state index < -0.39 is 0 Å². The van der Waals surface area contributed by atoms with Crippen LogP contribution in [0.4, 0.5) is 0 Å². The fraction of sp³-hybridized carbons (Fsp3) is 0.909. The van der Waals surface area contributed by atoms with Gasteiger partial charge in [0.05, 0.1) is 19.2 Å². The van der Waals surface area contributed by atoms with E-state index in [2.05, 4.69) is 23.7 Å². The Hall–Kier alpha value is -0.770. The Balaban J connectivity index is 1.99. The topological polar surface area (TPSA) is 50.8 Å². The monoisotopic (exact) mass is 211 g/mol. The Morgan fingerprint density at radius 1 is 1.60 bits per heavy atom. The number of hydrogen-bond donors (Lipinski definition) is 1. The predicted molar refractivity (Wildman–Crippen MR) is 60.7 cm³/mol. The maximum Gasteiger partial charge on any atom is 0.191 e. The highest BCUT2D eigenvalue weighted by atomic mass is 16.5. The van der Waals surface area contributed by atoms with E-state index in [-0.39, 0.29) is 0 Å². The molecule has 0 amide bonds. The molecular formula is C11H21N3O. The summed E-state index contributed by atoms with van der Waals surface area (Å²) in [4.78, 5) is 6.63. The average Bonchev–Trinajstić information content (AvgIpc) is 2.76. The molecule has 0 aromatic rings. The van der Waals surface area contributed by atoms with Crippen molar-refractivity contribution in [3.05, 3.63) is 0 Å². The molecular weight excluding hydrogens is 190 g/mol. The van der Waals surface area contributed by atoms with Gasteiger partial charge in [-0.2, -0.15) is 0 Å². The number of rotatable bonds is 3. The van der Waals surface area contributed by atoms with Gasteiger partial charge in [-0.1, -0.05) is 13.8 Å². The first-order valence-corrected chi connectivity index (χ1v) is 5.82. The molecule has 15 heavy (non-hydrogen) atoms. The van der Waals surface area contributed by atoms with Gasteiger partial charge in [0.2, 0.25) is 0 Å². The standard InChI is InChI=1S/C11H21N3O/c1-8(2)6-14-10(5-13-11(14)12)9-3-4-15-7-9/h8-10H,3-7H2,1-2H3,(H2,12,13). The highest BCUT2D eigenvalue weighted by Crippen LogP contribution is 2.25. The largest absolute Gasteiger partial charge is 0.381 e. The molecule has 2 heterocycles. The molecule has 2 unspecified atom stereocenters. The number of guanidine groups is 1. The van der Waals surface area contributed by atoms with Crippen molar-refractivity contribution < 1.29 is 4.74 Å². The first kappa shape index (κ1) is 10.7. The first-order valence-electron chi connectivity index (χ1n) is 5.82. The van der Waals surface area contributed by atoms with Gasteiger partial charge in [0.25, 0.3) is 0 Å². The first-order chi connectivity index (χ1) is 7.18. The Labute approximate surface area is 91.5 Å². The van der Waals surface area contributed by atoms with Crippen LogP contribution < -0.4 is 5.73 Å². The van der Waals surface area contributed by atoms with Gasteiger partial charge in [0.1, 0.15) is 0 Å². The molecule has 0 aliphatic carbocycles. The zero-order valence-corrected chi connectivity index (χ0v) is 9.65. The van der Waals surface area contributed by atoms with Crippen LogP contribution in [-0.2, 0) is 4.74 Å². The minimum absolute atomic E-state index is 0.481. The summed E-state index contributed by atoms with van der Waals surface area (Å²) in [6.07, 6.45) is 1.15. The summed E-state index contributed by atoms with van der Waals surface area (Å²) in [5, 5.41) is 0. The number of nitrogens with two attached hydrogens (primary N) is 1. The Morgan fingerprint density at radius 3 is 3.00 bits per heavy atom. The molecule has 0 saturated carbocycles. The van der Waals surface area contributed by atoms with Gasteiger partial charge in [-0.15, -0.1) is 0 Å². The van der Waals surface area contributed by atoms with E-state index >= 15 is 0 Å². The number of ether oxygens (including phenoxy) is 1. The molecule has 0 radical (unpaired) electrons. The van der Waals surface area contributed by atoms with Crippen molar-refractivity contribution in [1.29, 1.82) is 0 Å². The molecule has 0 bridgehead atoms. The lowest BCUT2D eigenvalue weighted by molar-refractivity contribution is 0.160. The van der Waals surface area contributed by atoms with Gasteiger partial charge >= 0.3 is 0 Å². The molecule has 2 rings (SSSR count). The molecule has 4 heteroatoms. The zero-order chi connectivity index (χ0) is 10.8. The molecule has 1 saturated heterocycles. The second-order valence-corrected chi connectivity index (χ2v) is 4.94. The third-order valence-corrected chi connectivity index (χ3v) is 3.21. The van der Waals surface area contributed by atoms with Gasteiger partial charge < -0.3 is 15.4 Å². The molecule has 0 aromatic heterocycles. The van der Waals surface area contributed by atoms with Crippen LogP contribution >= 0.6 is 0 Å². The van der Waals surface area contributed by atoms with Gasteiger partial charge in [-0.05, 0) is 12.3 Å². The average molecular weight is 211 g/mol. The Morgan fingerprint density at radius 2 is 2.40 bits per heavy atom. The quantitative estimate of drug-likeness (QED) is 0.747. The van der Waals surface area contributed by atoms with Crippen molar-refractivity contribution in [2.75, 3.05) is 26.3 Å². The Kier molecular flexibility index (Phi) is 3.14. The molecule has 4 nitrogen and oxygen atoms in total. The van der Waals surface area contributed by atoms with Crippen molar-refractivity contribution in [3.8, 4) is 0 Å². The smallest absolute Gasteiger partial charge is 0.191 e. The number of hydrogen-bond acceptors (Lipinski definition) is 4. The second-order valence-electron chi connectivity index (χ2n) is 4.94. The van der Waals surface area contributed by atoms with Crippen LogP contribution in [0.3, 0.4) is 0 Å². The summed E-state index contributed by atoms with van der Waals surface area (Å²) in [6, 6.07) is 0.481. The lowest BCUT2D eigenvalue weighted by atomic mass is 9.98. The Bertz CT molecular complexity index is 246. The minimum Gasteiger partial charge on any atom is -0.381 e. The molecule has 2 aliphatic heterocycles. The van der Waals surface area contributed by atoms with Crippen LogP contribution in [0.15, 0.2) is 4.99 Å². The van der Waals surface area contributed by atoms with E-state index in [4.69, 9.17) is 10.5 Å². The van der Waals surface area contributed by atoms with Crippen molar-refractivity contribution >= 4 is 5.96 Å². The summed E-state index contributed by atoms with van der Waals surface area (Å²) >= 11 is 0. The summed E-state index contributed by atoms with van der Waals surface area (Å²) < 4.78 is 5.44. The van der Waals surface area contributed by atoms with E-state index in [0.717, 1.165) is 38.7 Å². The minimum atomic E-state index is 0.481. The molecule has 2 aliphatic rings. The van der Waals surface area contributed by atoms with Crippen LogP contribution in [0, 0.1) is 11.8 Å². The number of nitrogens with zero attached hydrogens (tertiary/aromatic N) is 2. The summed E-state index contributed by atoms with van der Waals surface area (Å²) in [7, 11) is 0. The van der Waals surface area contributed by atoms with E-state index in [1.807, 2.05) is 0 Å². The number of aliphatic imine (C=N–C) groups is 1. The third-order valence-electron chi connectivity index (χ3n) is 3.21. The maximum absolute atomic E-state index is 5.92. The van der Waals surface area contributed by atoms with Crippen LogP contribution in [-0.4, -0.2) is 43.2 Å².